The second kappa shape index (κ2) is 6.08. The summed E-state index contributed by atoms with van der Waals surface area (Å²) in [7, 11) is 0. The zero-order valence-electron chi connectivity index (χ0n) is 12.6. The summed E-state index contributed by atoms with van der Waals surface area (Å²) < 4.78 is 40.0. The van der Waals surface area contributed by atoms with Crippen molar-refractivity contribution in [3.8, 4) is 11.4 Å². The van der Waals surface area contributed by atoms with Crippen LogP contribution in [0.25, 0.3) is 22.4 Å². The van der Waals surface area contributed by atoms with E-state index in [0.29, 0.717) is 11.0 Å². The van der Waals surface area contributed by atoms with Crippen LogP contribution in [0.2, 0.25) is 0 Å². The van der Waals surface area contributed by atoms with Gasteiger partial charge in [0.1, 0.15) is 11.5 Å². The highest BCUT2D eigenvalue weighted by Crippen LogP contribution is 2.37. The fourth-order valence-corrected chi connectivity index (χ4v) is 2.26. The SMILES string of the molecule is CC(O)CNc1ccc(C(F)(F)F)c(-c2[nH]nc3ncccc23)n1. The molecular formula is C15H14F3N5O. The van der Waals surface area contributed by atoms with Crippen molar-refractivity contribution in [3.05, 3.63) is 36.0 Å². The monoisotopic (exact) mass is 337 g/mol. The third-order valence-corrected chi connectivity index (χ3v) is 3.35. The third-order valence-electron chi connectivity index (χ3n) is 3.35. The van der Waals surface area contributed by atoms with Crippen molar-refractivity contribution >= 4 is 16.9 Å². The van der Waals surface area contributed by atoms with E-state index in [1.54, 1.807) is 19.1 Å². The van der Waals surface area contributed by atoms with E-state index in [1.807, 2.05) is 0 Å². The highest BCUT2D eigenvalue weighted by Gasteiger charge is 2.35. The highest BCUT2D eigenvalue weighted by molar-refractivity contribution is 5.90. The lowest BCUT2D eigenvalue weighted by molar-refractivity contribution is -0.137. The van der Waals surface area contributed by atoms with Gasteiger partial charge in [0.25, 0.3) is 0 Å². The van der Waals surface area contributed by atoms with Gasteiger partial charge in [0.15, 0.2) is 5.65 Å². The molecule has 0 aliphatic rings. The van der Waals surface area contributed by atoms with Gasteiger partial charge in [0.05, 0.1) is 17.4 Å². The van der Waals surface area contributed by atoms with Crippen LogP contribution in [0, 0.1) is 0 Å². The molecule has 6 nitrogen and oxygen atoms in total. The predicted molar refractivity (Wildman–Crippen MR) is 82.3 cm³/mol. The summed E-state index contributed by atoms with van der Waals surface area (Å²) in [5, 5.41) is 19.0. The van der Waals surface area contributed by atoms with Crippen molar-refractivity contribution < 1.29 is 18.3 Å². The number of fused-ring (bicyclic) bond motifs is 1. The van der Waals surface area contributed by atoms with Crippen LogP contribution in [0.15, 0.2) is 30.5 Å². The lowest BCUT2D eigenvalue weighted by Crippen LogP contribution is -2.17. The Morgan fingerprint density at radius 2 is 2.08 bits per heavy atom. The van der Waals surface area contributed by atoms with E-state index < -0.39 is 17.8 Å². The van der Waals surface area contributed by atoms with Crippen molar-refractivity contribution in [2.45, 2.75) is 19.2 Å². The normalized spacial score (nSPS) is 13.2. The first-order chi connectivity index (χ1) is 11.4. The van der Waals surface area contributed by atoms with Gasteiger partial charge in [-0.1, -0.05) is 0 Å². The Balaban J connectivity index is 2.14. The number of H-pyrrole nitrogens is 1. The van der Waals surface area contributed by atoms with E-state index in [9.17, 15) is 18.3 Å². The van der Waals surface area contributed by atoms with E-state index >= 15 is 0 Å². The van der Waals surface area contributed by atoms with Crippen LogP contribution in [0.5, 0.6) is 0 Å². The maximum atomic E-state index is 13.3. The minimum Gasteiger partial charge on any atom is -0.392 e. The number of hydrogen-bond acceptors (Lipinski definition) is 5. The van der Waals surface area contributed by atoms with Crippen LogP contribution in [0.3, 0.4) is 0 Å². The Morgan fingerprint density at radius 1 is 1.29 bits per heavy atom. The molecule has 0 spiro atoms. The maximum Gasteiger partial charge on any atom is 0.418 e. The number of rotatable bonds is 4. The average Bonchev–Trinajstić information content (AvgIpc) is 2.95. The summed E-state index contributed by atoms with van der Waals surface area (Å²) in [5.41, 5.74) is -0.691. The molecule has 3 rings (SSSR count). The Hall–Kier alpha value is -2.68. The molecule has 24 heavy (non-hydrogen) atoms. The molecule has 9 heteroatoms. The molecule has 0 amide bonds. The molecule has 1 unspecified atom stereocenters. The van der Waals surface area contributed by atoms with Gasteiger partial charge in [0, 0.05) is 18.1 Å². The Labute approximate surface area is 134 Å². The average molecular weight is 337 g/mol. The van der Waals surface area contributed by atoms with Crippen LogP contribution < -0.4 is 5.32 Å². The summed E-state index contributed by atoms with van der Waals surface area (Å²) in [4.78, 5) is 8.06. The lowest BCUT2D eigenvalue weighted by Gasteiger charge is -2.14. The van der Waals surface area contributed by atoms with Crippen LogP contribution >= 0.6 is 0 Å². The van der Waals surface area contributed by atoms with Crippen LogP contribution in [0.4, 0.5) is 19.0 Å². The zero-order chi connectivity index (χ0) is 17.3. The first-order valence-corrected chi connectivity index (χ1v) is 7.16. The van der Waals surface area contributed by atoms with Gasteiger partial charge in [-0.2, -0.15) is 18.3 Å². The Kier molecular flexibility index (Phi) is 4.10. The number of aliphatic hydroxyl groups excluding tert-OH is 1. The number of alkyl halides is 3. The maximum absolute atomic E-state index is 13.3. The van der Waals surface area contributed by atoms with E-state index in [0.717, 1.165) is 6.07 Å². The lowest BCUT2D eigenvalue weighted by atomic mass is 10.1. The molecule has 0 fully saturated rings. The molecule has 3 aromatic rings. The summed E-state index contributed by atoms with van der Waals surface area (Å²) in [5.74, 6) is 0.227. The molecule has 0 saturated heterocycles. The molecule has 3 heterocycles. The molecular weight excluding hydrogens is 323 g/mol. The molecule has 0 aromatic carbocycles. The molecule has 0 aliphatic carbocycles. The highest BCUT2D eigenvalue weighted by atomic mass is 19.4. The Morgan fingerprint density at radius 3 is 2.79 bits per heavy atom. The smallest absolute Gasteiger partial charge is 0.392 e. The molecule has 0 saturated carbocycles. The first-order valence-electron chi connectivity index (χ1n) is 7.16. The second-order valence-electron chi connectivity index (χ2n) is 5.29. The molecule has 126 valence electrons. The van der Waals surface area contributed by atoms with Gasteiger partial charge in [-0.05, 0) is 31.2 Å². The predicted octanol–water partition coefficient (Wildman–Crippen LogP) is 2.83. The number of nitrogens with zero attached hydrogens (tertiary/aromatic N) is 3. The largest absolute Gasteiger partial charge is 0.418 e. The van der Waals surface area contributed by atoms with Crippen LogP contribution in [0.1, 0.15) is 12.5 Å². The number of anilines is 1. The van der Waals surface area contributed by atoms with Gasteiger partial charge >= 0.3 is 6.18 Å². The van der Waals surface area contributed by atoms with Crippen molar-refractivity contribution in [1.29, 1.82) is 0 Å². The van der Waals surface area contributed by atoms with Crippen LogP contribution in [-0.2, 0) is 6.18 Å². The van der Waals surface area contributed by atoms with E-state index in [4.69, 9.17) is 0 Å². The molecule has 0 radical (unpaired) electrons. The summed E-state index contributed by atoms with van der Waals surface area (Å²) in [6.07, 6.45) is -3.72. The topological polar surface area (TPSA) is 86.7 Å². The van der Waals surface area contributed by atoms with Crippen LogP contribution in [-0.4, -0.2) is 37.9 Å². The number of hydrogen-bond donors (Lipinski definition) is 3. The van der Waals surface area contributed by atoms with Crippen molar-refractivity contribution in [2.75, 3.05) is 11.9 Å². The van der Waals surface area contributed by atoms with Crippen molar-refractivity contribution in [1.82, 2.24) is 20.2 Å². The second-order valence-corrected chi connectivity index (χ2v) is 5.29. The molecule has 0 bridgehead atoms. The zero-order valence-corrected chi connectivity index (χ0v) is 12.6. The van der Waals surface area contributed by atoms with Crippen molar-refractivity contribution in [2.24, 2.45) is 0 Å². The van der Waals surface area contributed by atoms with Gasteiger partial charge in [-0.3, -0.25) is 5.10 Å². The fourth-order valence-electron chi connectivity index (χ4n) is 2.26. The van der Waals surface area contributed by atoms with Gasteiger partial charge in [-0.25, -0.2) is 9.97 Å². The standard InChI is InChI=1S/C15H14F3N5O/c1-8(24)7-20-11-5-4-10(15(16,17)18)13(21-11)12-9-3-2-6-19-14(9)23-22-12/h2-6,8,24H,7H2,1H3,(H,20,21)(H,19,22,23). The quantitative estimate of drug-likeness (QED) is 0.681. The van der Waals surface area contributed by atoms with Gasteiger partial charge < -0.3 is 10.4 Å². The number of pyridine rings is 2. The van der Waals surface area contributed by atoms with E-state index in [2.05, 4.69) is 25.5 Å². The number of aromatic nitrogens is 4. The van der Waals surface area contributed by atoms with Crippen molar-refractivity contribution in [3.63, 3.8) is 0 Å². The van der Waals surface area contributed by atoms with Gasteiger partial charge in [0.2, 0.25) is 0 Å². The number of aromatic amines is 1. The Bertz CT molecular complexity index is 860. The molecule has 0 aliphatic heterocycles. The first kappa shape index (κ1) is 16.2. The number of halogens is 3. The van der Waals surface area contributed by atoms with E-state index in [1.165, 1.54) is 12.3 Å². The minimum absolute atomic E-state index is 0.145. The minimum atomic E-state index is -4.56. The molecule has 1 atom stereocenters. The summed E-state index contributed by atoms with van der Waals surface area (Å²) in [6, 6.07) is 5.42. The van der Waals surface area contributed by atoms with E-state index in [-0.39, 0.29) is 23.8 Å². The summed E-state index contributed by atoms with van der Waals surface area (Å²) in [6.45, 7) is 1.73. The third kappa shape index (κ3) is 3.16. The number of nitrogens with one attached hydrogen (secondary N) is 2. The molecule has 3 N–H and O–H groups in total. The van der Waals surface area contributed by atoms with Gasteiger partial charge in [-0.15, -0.1) is 0 Å². The molecule has 3 aromatic heterocycles. The fraction of sp³-hybridized carbons (Fsp3) is 0.267. The summed E-state index contributed by atoms with van der Waals surface area (Å²) >= 11 is 0. The number of aliphatic hydroxyl groups is 1.